The van der Waals surface area contributed by atoms with Gasteiger partial charge in [-0.15, -0.1) is 11.3 Å². The highest BCUT2D eigenvalue weighted by molar-refractivity contribution is 7.17. The highest BCUT2D eigenvalue weighted by Crippen LogP contribution is 2.36. The van der Waals surface area contributed by atoms with E-state index in [1.54, 1.807) is 12.1 Å². The minimum Gasteiger partial charge on any atom is -0.478 e. The summed E-state index contributed by atoms with van der Waals surface area (Å²) in [6.07, 6.45) is 4.88. The van der Waals surface area contributed by atoms with Crippen molar-refractivity contribution in [3.8, 4) is 0 Å². The third-order valence-electron chi connectivity index (χ3n) is 3.21. The number of hydrogen-bond acceptors (Lipinski definition) is 5. The maximum absolute atomic E-state index is 11.9. The van der Waals surface area contributed by atoms with Crippen LogP contribution in [0.1, 0.15) is 26.6 Å². The molecule has 0 atom stereocenters. The molecular weight excluding hydrogens is 306 g/mol. The molecule has 1 amide bonds. The Balaban J connectivity index is 1.81. The normalized spacial score (nSPS) is 14.0. The number of carbonyl (C=O) groups excluding carboxylic acids is 1. The summed E-state index contributed by atoms with van der Waals surface area (Å²) in [5, 5.41) is 12.4. The van der Waals surface area contributed by atoms with Crippen molar-refractivity contribution < 1.29 is 23.8 Å². The highest BCUT2D eigenvalue weighted by atomic mass is 32.1. The van der Waals surface area contributed by atoms with Gasteiger partial charge < -0.3 is 19.6 Å². The van der Waals surface area contributed by atoms with Gasteiger partial charge in [0.2, 0.25) is 5.91 Å². The van der Waals surface area contributed by atoms with Gasteiger partial charge in [0, 0.05) is 11.0 Å². The molecule has 0 saturated heterocycles. The van der Waals surface area contributed by atoms with E-state index in [1.165, 1.54) is 29.8 Å². The van der Waals surface area contributed by atoms with Crippen molar-refractivity contribution in [2.75, 3.05) is 11.9 Å². The van der Waals surface area contributed by atoms with Crippen LogP contribution in [0.3, 0.4) is 0 Å². The zero-order valence-corrected chi connectivity index (χ0v) is 12.3. The fourth-order valence-electron chi connectivity index (χ4n) is 2.24. The number of amides is 1. The number of thiophene rings is 1. The van der Waals surface area contributed by atoms with Gasteiger partial charge in [-0.2, -0.15) is 0 Å². The monoisotopic (exact) mass is 319 g/mol. The largest absolute Gasteiger partial charge is 0.478 e. The van der Waals surface area contributed by atoms with Crippen molar-refractivity contribution in [3.05, 3.63) is 46.2 Å². The third-order valence-corrected chi connectivity index (χ3v) is 4.33. The van der Waals surface area contributed by atoms with Crippen LogP contribution in [0.15, 0.2) is 28.9 Å². The highest BCUT2D eigenvalue weighted by Gasteiger charge is 2.26. The molecule has 114 valence electrons. The molecule has 0 bridgehead atoms. The van der Waals surface area contributed by atoms with E-state index in [0.29, 0.717) is 30.4 Å². The number of nitrogens with one attached hydrogen (secondary N) is 1. The van der Waals surface area contributed by atoms with Crippen molar-refractivity contribution in [2.45, 2.75) is 13.0 Å². The first kappa shape index (κ1) is 14.6. The maximum atomic E-state index is 11.9. The van der Waals surface area contributed by atoms with Crippen molar-refractivity contribution >= 4 is 34.3 Å². The van der Waals surface area contributed by atoms with E-state index in [4.69, 9.17) is 9.15 Å². The van der Waals surface area contributed by atoms with E-state index in [-0.39, 0.29) is 5.56 Å². The van der Waals surface area contributed by atoms with Crippen LogP contribution in [0.25, 0.3) is 6.08 Å². The van der Waals surface area contributed by atoms with Crippen molar-refractivity contribution in [1.29, 1.82) is 0 Å². The molecule has 0 radical (unpaired) electrons. The summed E-state index contributed by atoms with van der Waals surface area (Å²) in [7, 11) is 0. The van der Waals surface area contributed by atoms with Crippen LogP contribution < -0.4 is 5.32 Å². The summed E-state index contributed by atoms with van der Waals surface area (Å²) in [4.78, 5) is 24.3. The molecule has 2 aromatic heterocycles. The Bertz CT molecular complexity index is 729. The predicted octanol–water partition coefficient (Wildman–Crippen LogP) is 2.76. The van der Waals surface area contributed by atoms with Crippen molar-refractivity contribution in [1.82, 2.24) is 0 Å². The Hall–Kier alpha value is -2.38. The summed E-state index contributed by atoms with van der Waals surface area (Å²) < 4.78 is 10.4. The smallest absolute Gasteiger partial charge is 0.339 e. The molecular formula is C15H13NO5S. The number of fused-ring (bicyclic) bond motifs is 1. The summed E-state index contributed by atoms with van der Waals surface area (Å²) in [6.45, 7) is 0.883. The Morgan fingerprint density at radius 2 is 2.27 bits per heavy atom. The van der Waals surface area contributed by atoms with Gasteiger partial charge >= 0.3 is 5.97 Å². The predicted molar refractivity (Wildman–Crippen MR) is 81.0 cm³/mol. The summed E-state index contributed by atoms with van der Waals surface area (Å²) in [6, 6.07) is 3.43. The zero-order valence-electron chi connectivity index (χ0n) is 11.5. The molecule has 2 aromatic rings. The molecule has 0 aliphatic carbocycles. The molecule has 0 spiro atoms. The van der Waals surface area contributed by atoms with Gasteiger partial charge in [0.1, 0.15) is 10.8 Å². The minimum absolute atomic E-state index is 0.169. The van der Waals surface area contributed by atoms with Crippen LogP contribution in [0.2, 0.25) is 0 Å². The molecule has 0 aromatic carbocycles. The average Bonchev–Trinajstić information content (AvgIpc) is 3.11. The van der Waals surface area contributed by atoms with Gasteiger partial charge in [0.25, 0.3) is 0 Å². The van der Waals surface area contributed by atoms with Gasteiger partial charge in [-0.25, -0.2) is 4.79 Å². The van der Waals surface area contributed by atoms with E-state index in [0.717, 1.165) is 10.4 Å². The maximum Gasteiger partial charge on any atom is 0.339 e. The number of furan rings is 1. The lowest BCUT2D eigenvalue weighted by Gasteiger charge is -2.11. The first-order chi connectivity index (χ1) is 10.6. The Labute approximate surface area is 130 Å². The van der Waals surface area contributed by atoms with E-state index in [1.807, 2.05) is 0 Å². The minimum atomic E-state index is -1.04. The summed E-state index contributed by atoms with van der Waals surface area (Å²) in [5.41, 5.74) is 0.928. The Kier molecular flexibility index (Phi) is 4.08. The van der Waals surface area contributed by atoms with E-state index < -0.39 is 11.9 Å². The number of hydrogen-bond donors (Lipinski definition) is 2. The molecule has 22 heavy (non-hydrogen) atoms. The van der Waals surface area contributed by atoms with Crippen LogP contribution in [0.4, 0.5) is 5.00 Å². The second kappa shape index (κ2) is 6.17. The topological polar surface area (TPSA) is 88.8 Å². The van der Waals surface area contributed by atoms with E-state index >= 15 is 0 Å². The molecule has 3 heterocycles. The number of carbonyl (C=O) groups is 2. The molecule has 7 heteroatoms. The Morgan fingerprint density at radius 3 is 3.00 bits per heavy atom. The molecule has 1 aliphatic heterocycles. The molecule has 1 aliphatic rings. The van der Waals surface area contributed by atoms with Crippen molar-refractivity contribution in [2.24, 2.45) is 0 Å². The number of aromatic carboxylic acids is 1. The molecule has 0 fully saturated rings. The first-order valence-electron chi connectivity index (χ1n) is 6.63. The second-order valence-electron chi connectivity index (χ2n) is 4.65. The number of rotatable bonds is 4. The number of ether oxygens (including phenoxy) is 1. The third kappa shape index (κ3) is 2.95. The van der Waals surface area contributed by atoms with Gasteiger partial charge in [0.05, 0.1) is 25.0 Å². The summed E-state index contributed by atoms with van der Waals surface area (Å²) in [5.74, 6) is -0.893. The quantitative estimate of drug-likeness (QED) is 0.846. The van der Waals surface area contributed by atoms with Gasteiger partial charge in [-0.3, -0.25) is 4.79 Å². The van der Waals surface area contributed by atoms with Crippen LogP contribution in [0, 0.1) is 0 Å². The lowest BCUT2D eigenvalue weighted by atomic mass is 10.1. The van der Waals surface area contributed by atoms with Crippen LogP contribution in [-0.2, 0) is 22.6 Å². The number of carboxylic acid groups (broad SMARTS) is 1. The van der Waals surface area contributed by atoms with Crippen LogP contribution >= 0.6 is 11.3 Å². The number of anilines is 1. The van der Waals surface area contributed by atoms with E-state index in [9.17, 15) is 14.7 Å². The van der Waals surface area contributed by atoms with Crippen molar-refractivity contribution in [3.63, 3.8) is 0 Å². The fraction of sp³-hybridized carbons (Fsp3) is 0.200. The zero-order chi connectivity index (χ0) is 15.5. The van der Waals surface area contributed by atoms with Gasteiger partial charge in [-0.05, 0) is 30.2 Å². The second-order valence-corrected chi connectivity index (χ2v) is 5.76. The van der Waals surface area contributed by atoms with Gasteiger partial charge in [0.15, 0.2) is 0 Å². The van der Waals surface area contributed by atoms with Crippen LogP contribution in [0.5, 0.6) is 0 Å². The van der Waals surface area contributed by atoms with E-state index in [2.05, 4.69) is 5.32 Å². The number of carboxylic acids is 1. The average molecular weight is 319 g/mol. The molecule has 0 unspecified atom stereocenters. The first-order valence-corrected chi connectivity index (χ1v) is 7.45. The molecule has 3 rings (SSSR count). The lowest BCUT2D eigenvalue weighted by Crippen LogP contribution is -2.13. The molecule has 2 N–H and O–H groups in total. The lowest BCUT2D eigenvalue weighted by molar-refractivity contribution is -0.111. The van der Waals surface area contributed by atoms with Crippen LogP contribution in [-0.4, -0.2) is 23.6 Å². The standard InChI is InChI=1S/C15H13NO5S/c17-12(4-3-9-2-1-6-21-9)16-14-13(15(18)19)10-5-7-20-8-11(10)22-14/h1-4,6H,5,7-8H2,(H,16,17)(H,18,19)/b4-3+. The summed E-state index contributed by atoms with van der Waals surface area (Å²) >= 11 is 1.25. The SMILES string of the molecule is O=C(/C=C/c1ccco1)Nc1sc2c(c1C(=O)O)CCOC2. The fourth-order valence-corrected chi connectivity index (χ4v) is 3.42. The Morgan fingerprint density at radius 1 is 1.41 bits per heavy atom. The molecule has 6 nitrogen and oxygen atoms in total. The van der Waals surface area contributed by atoms with Gasteiger partial charge in [-0.1, -0.05) is 0 Å². The molecule has 0 saturated carbocycles.